The van der Waals surface area contributed by atoms with Gasteiger partial charge in [0.05, 0.1) is 0 Å². The first-order valence-electron chi connectivity index (χ1n) is 12.9. The highest BCUT2D eigenvalue weighted by molar-refractivity contribution is 7.80. The zero-order valence-corrected chi connectivity index (χ0v) is 24.0. The average molecular weight is 592 g/mol. The topological polar surface area (TPSA) is 60.8 Å². The van der Waals surface area contributed by atoms with Crippen molar-refractivity contribution in [2.75, 3.05) is 36.4 Å². The van der Waals surface area contributed by atoms with Crippen molar-refractivity contribution in [3.63, 3.8) is 0 Å². The van der Waals surface area contributed by atoms with Gasteiger partial charge in [0.25, 0.3) is 0 Å². The molecule has 204 valence electrons. The van der Waals surface area contributed by atoms with Crippen molar-refractivity contribution in [2.24, 2.45) is 0 Å². The Hall–Kier alpha value is -3.62. The summed E-state index contributed by atoms with van der Waals surface area (Å²) in [6, 6.07) is 27.4. The molecule has 0 aliphatic carbocycles. The Morgan fingerprint density at radius 3 is 2.30 bits per heavy atom. The second kappa shape index (κ2) is 13.2. The van der Waals surface area contributed by atoms with Crippen LogP contribution in [0.15, 0.2) is 95.4 Å². The van der Waals surface area contributed by atoms with Crippen molar-refractivity contribution in [3.8, 4) is 11.3 Å². The Labute approximate surface area is 249 Å². The van der Waals surface area contributed by atoms with Crippen LogP contribution in [-0.2, 0) is 11.3 Å². The third kappa shape index (κ3) is 7.73. The predicted molar refractivity (Wildman–Crippen MR) is 168 cm³/mol. The Kier molecular flexibility index (Phi) is 9.19. The normalized spacial score (nSPS) is 13.9. The minimum atomic E-state index is -0.369. The van der Waals surface area contributed by atoms with Gasteiger partial charge in [0.1, 0.15) is 11.5 Å². The van der Waals surface area contributed by atoms with Gasteiger partial charge in [-0.25, -0.2) is 0 Å². The molecule has 3 aromatic carbocycles. The van der Waals surface area contributed by atoms with Crippen LogP contribution in [0, 0.1) is 0 Å². The van der Waals surface area contributed by atoms with E-state index >= 15 is 0 Å². The number of amides is 1. The lowest BCUT2D eigenvalue weighted by Gasteiger charge is -2.36. The molecular formula is C31H28Cl2N4O2S. The molecule has 9 heteroatoms. The number of rotatable bonds is 7. The van der Waals surface area contributed by atoms with Crippen molar-refractivity contribution in [3.05, 3.63) is 112 Å². The van der Waals surface area contributed by atoms with Crippen LogP contribution in [0.5, 0.6) is 0 Å². The number of nitrogens with one attached hydrogen (secondary N) is 2. The number of piperazine rings is 1. The molecular weight excluding hydrogens is 563 g/mol. The molecule has 5 rings (SSSR count). The van der Waals surface area contributed by atoms with Gasteiger partial charge < -0.3 is 14.6 Å². The summed E-state index contributed by atoms with van der Waals surface area (Å²) in [5.41, 5.74) is 4.07. The van der Waals surface area contributed by atoms with Gasteiger partial charge in [0.2, 0.25) is 5.91 Å². The Balaban J connectivity index is 1.07. The van der Waals surface area contributed by atoms with Crippen LogP contribution in [-0.4, -0.2) is 42.1 Å². The molecule has 2 heterocycles. The standard InChI is InChI=1S/C31H28Cl2N4O2S/c32-24-18-23(19-25(33)20-24)29-12-10-28(39-29)11-13-30(38)35-31(40)34-26-6-8-27(9-7-26)37-16-14-36(15-17-37)21-22-4-2-1-3-5-22/h1-13,18-20H,14-17,21H2,(H2,34,35,38,40)/b13-11+. The Morgan fingerprint density at radius 1 is 0.900 bits per heavy atom. The second-order valence-corrected chi connectivity index (χ2v) is 10.7. The molecule has 0 saturated carbocycles. The number of anilines is 2. The van der Waals surface area contributed by atoms with Crippen molar-refractivity contribution < 1.29 is 9.21 Å². The van der Waals surface area contributed by atoms with Gasteiger partial charge in [-0.3, -0.25) is 15.0 Å². The molecule has 0 unspecified atom stereocenters. The van der Waals surface area contributed by atoms with E-state index in [0.717, 1.165) is 44.0 Å². The molecule has 0 bridgehead atoms. The van der Waals surface area contributed by atoms with E-state index in [9.17, 15) is 4.79 Å². The van der Waals surface area contributed by atoms with Gasteiger partial charge in [-0.1, -0.05) is 53.5 Å². The summed E-state index contributed by atoms with van der Waals surface area (Å²) in [6.45, 7) is 4.98. The number of thiocarbonyl (C=S) groups is 1. The molecule has 0 radical (unpaired) electrons. The summed E-state index contributed by atoms with van der Waals surface area (Å²) < 4.78 is 5.79. The third-order valence-corrected chi connectivity index (χ3v) is 7.16. The molecule has 0 atom stereocenters. The number of carbonyl (C=O) groups is 1. The largest absolute Gasteiger partial charge is 0.457 e. The highest BCUT2D eigenvalue weighted by Crippen LogP contribution is 2.29. The van der Waals surface area contributed by atoms with Gasteiger partial charge in [0.15, 0.2) is 5.11 Å². The number of halogens is 2. The van der Waals surface area contributed by atoms with E-state index in [-0.39, 0.29) is 11.0 Å². The van der Waals surface area contributed by atoms with Crippen LogP contribution in [0.1, 0.15) is 11.3 Å². The highest BCUT2D eigenvalue weighted by Gasteiger charge is 2.17. The monoisotopic (exact) mass is 590 g/mol. The molecule has 1 aliphatic heterocycles. The van der Waals surface area contributed by atoms with Crippen LogP contribution < -0.4 is 15.5 Å². The van der Waals surface area contributed by atoms with E-state index in [1.807, 2.05) is 12.1 Å². The van der Waals surface area contributed by atoms with Crippen molar-refractivity contribution in [2.45, 2.75) is 6.54 Å². The number of nitrogens with zero attached hydrogens (tertiary/aromatic N) is 2. The SMILES string of the molecule is O=C(/C=C/c1ccc(-c2cc(Cl)cc(Cl)c2)o1)NC(=S)Nc1ccc(N2CCN(Cc3ccccc3)CC2)cc1. The van der Waals surface area contributed by atoms with Crippen LogP contribution in [0.25, 0.3) is 17.4 Å². The van der Waals surface area contributed by atoms with Gasteiger partial charge in [-0.15, -0.1) is 0 Å². The number of benzene rings is 3. The molecule has 40 heavy (non-hydrogen) atoms. The summed E-state index contributed by atoms with van der Waals surface area (Å²) in [4.78, 5) is 17.2. The Bertz CT molecular complexity index is 1480. The fourth-order valence-electron chi connectivity index (χ4n) is 4.53. The first-order valence-corrected chi connectivity index (χ1v) is 14.1. The van der Waals surface area contributed by atoms with Gasteiger partial charge >= 0.3 is 0 Å². The molecule has 2 N–H and O–H groups in total. The second-order valence-electron chi connectivity index (χ2n) is 9.43. The number of carbonyl (C=O) groups excluding carboxylic acids is 1. The number of hydrogen-bond donors (Lipinski definition) is 2. The molecule has 1 fully saturated rings. The van der Waals surface area contributed by atoms with Crippen LogP contribution >= 0.6 is 35.4 Å². The molecule has 1 aromatic heterocycles. The molecule has 1 aliphatic rings. The minimum Gasteiger partial charge on any atom is -0.457 e. The zero-order valence-electron chi connectivity index (χ0n) is 21.6. The maximum Gasteiger partial charge on any atom is 0.250 e. The van der Waals surface area contributed by atoms with Gasteiger partial charge in [-0.2, -0.15) is 0 Å². The fraction of sp³-hybridized carbons (Fsp3) is 0.161. The molecule has 1 amide bonds. The summed E-state index contributed by atoms with van der Waals surface area (Å²) in [5, 5.41) is 6.97. The van der Waals surface area contributed by atoms with E-state index in [1.165, 1.54) is 17.3 Å². The highest BCUT2D eigenvalue weighted by atomic mass is 35.5. The zero-order chi connectivity index (χ0) is 27.9. The molecule has 1 saturated heterocycles. The van der Waals surface area contributed by atoms with Crippen LogP contribution in [0.3, 0.4) is 0 Å². The lowest BCUT2D eigenvalue weighted by Crippen LogP contribution is -2.45. The number of furan rings is 1. The number of hydrogen-bond acceptors (Lipinski definition) is 5. The lowest BCUT2D eigenvalue weighted by atomic mass is 10.2. The van der Waals surface area contributed by atoms with E-state index in [2.05, 4.69) is 62.9 Å². The summed E-state index contributed by atoms with van der Waals surface area (Å²) in [6.07, 6.45) is 2.93. The molecule has 0 spiro atoms. The van der Waals surface area contributed by atoms with Crippen LogP contribution in [0.4, 0.5) is 11.4 Å². The van der Waals surface area contributed by atoms with Gasteiger partial charge in [-0.05, 0) is 78.5 Å². The predicted octanol–water partition coefficient (Wildman–Crippen LogP) is 7.10. The maximum atomic E-state index is 12.4. The lowest BCUT2D eigenvalue weighted by molar-refractivity contribution is -0.115. The summed E-state index contributed by atoms with van der Waals surface area (Å²) in [7, 11) is 0. The van der Waals surface area contributed by atoms with Crippen molar-refractivity contribution in [1.29, 1.82) is 0 Å². The van der Waals surface area contributed by atoms with E-state index in [4.69, 9.17) is 39.8 Å². The molecule has 6 nitrogen and oxygen atoms in total. The minimum absolute atomic E-state index is 0.214. The quantitative estimate of drug-likeness (QED) is 0.177. The van der Waals surface area contributed by atoms with E-state index < -0.39 is 0 Å². The third-order valence-electron chi connectivity index (χ3n) is 6.52. The van der Waals surface area contributed by atoms with Gasteiger partial charge in [0, 0.05) is 65.8 Å². The summed E-state index contributed by atoms with van der Waals surface area (Å²) in [5.74, 6) is 0.738. The van der Waals surface area contributed by atoms with Crippen molar-refractivity contribution in [1.82, 2.24) is 10.2 Å². The van der Waals surface area contributed by atoms with E-state index in [0.29, 0.717) is 21.6 Å². The first kappa shape index (κ1) is 27.9. The Morgan fingerprint density at radius 2 is 1.60 bits per heavy atom. The average Bonchev–Trinajstić information content (AvgIpc) is 3.42. The first-order chi connectivity index (χ1) is 19.4. The van der Waals surface area contributed by atoms with Crippen LogP contribution in [0.2, 0.25) is 10.0 Å². The summed E-state index contributed by atoms with van der Waals surface area (Å²) >= 11 is 17.5. The van der Waals surface area contributed by atoms with E-state index in [1.54, 1.807) is 36.4 Å². The van der Waals surface area contributed by atoms with Crippen molar-refractivity contribution >= 4 is 63.9 Å². The smallest absolute Gasteiger partial charge is 0.250 e. The maximum absolute atomic E-state index is 12.4. The fourth-order valence-corrected chi connectivity index (χ4v) is 5.27. The molecule has 4 aromatic rings.